The number of nitrogens with zero attached hydrogens (tertiary/aromatic N) is 2. The summed E-state index contributed by atoms with van der Waals surface area (Å²) in [7, 11) is 1.65. The number of hydrogen-bond donors (Lipinski definition) is 0. The van der Waals surface area contributed by atoms with E-state index in [0.717, 1.165) is 5.56 Å². The number of likely N-dealkylation sites (N-methyl/N-ethyl adjacent to an activating group) is 1. The Bertz CT molecular complexity index is 1080. The van der Waals surface area contributed by atoms with Gasteiger partial charge in [-0.25, -0.2) is 0 Å². The Morgan fingerprint density at radius 1 is 1.07 bits per heavy atom. The van der Waals surface area contributed by atoms with Crippen LogP contribution >= 0.6 is 0 Å². The summed E-state index contributed by atoms with van der Waals surface area (Å²) in [6.45, 7) is 6.85. The summed E-state index contributed by atoms with van der Waals surface area (Å²) in [6, 6.07) is 10.5. The average molecular weight is 408 g/mol. The van der Waals surface area contributed by atoms with E-state index in [1.807, 2.05) is 25.1 Å². The smallest absolute Gasteiger partial charge is 0.271 e. The van der Waals surface area contributed by atoms with Gasteiger partial charge in [0.25, 0.3) is 11.8 Å². The second-order valence-corrected chi connectivity index (χ2v) is 8.24. The lowest BCUT2D eigenvalue weighted by Crippen LogP contribution is -2.53. The highest BCUT2D eigenvalue weighted by Gasteiger charge is 2.41. The van der Waals surface area contributed by atoms with Gasteiger partial charge in [-0.1, -0.05) is 6.07 Å². The standard InChI is InChI=1S/C23H24N2O5/c1-13-6-8-20-17(10-13)25(22(28)23(3,4)30-20)12-18(26)15-7-9-19-16(11-15)24(5)21(27)14(2)29-19/h6-11,14H,12H2,1-5H3. The van der Waals surface area contributed by atoms with E-state index in [2.05, 4.69) is 0 Å². The average Bonchev–Trinajstić information content (AvgIpc) is 2.70. The first-order valence-corrected chi connectivity index (χ1v) is 9.81. The van der Waals surface area contributed by atoms with Crippen LogP contribution in [0.5, 0.6) is 11.5 Å². The zero-order valence-corrected chi connectivity index (χ0v) is 17.7. The summed E-state index contributed by atoms with van der Waals surface area (Å²) in [5, 5.41) is 0. The third kappa shape index (κ3) is 3.20. The highest BCUT2D eigenvalue weighted by molar-refractivity contribution is 6.10. The van der Waals surface area contributed by atoms with Crippen molar-refractivity contribution >= 4 is 29.0 Å². The maximum atomic E-state index is 13.1. The van der Waals surface area contributed by atoms with Crippen LogP contribution < -0.4 is 19.3 Å². The predicted molar refractivity (Wildman–Crippen MR) is 113 cm³/mol. The molecule has 0 saturated carbocycles. The third-order valence-corrected chi connectivity index (χ3v) is 5.46. The Morgan fingerprint density at radius 3 is 2.50 bits per heavy atom. The maximum absolute atomic E-state index is 13.1. The fourth-order valence-corrected chi connectivity index (χ4v) is 3.75. The maximum Gasteiger partial charge on any atom is 0.271 e. The molecule has 1 atom stereocenters. The van der Waals surface area contributed by atoms with Crippen LogP contribution in [0.2, 0.25) is 0 Å². The normalized spacial score (nSPS) is 19.6. The van der Waals surface area contributed by atoms with Gasteiger partial charge >= 0.3 is 0 Å². The Hall–Kier alpha value is -3.35. The predicted octanol–water partition coefficient (Wildman–Crippen LogP) is 3.13. The first kappa shape index (κ1) is 19.9. The second-order valence-electron chi connectivity index (χ2n) is 8.24. The Morgan fingerprint density at radius 2 is 1.77 bits per heavy atom. The molecular weight excluding hydrogens is 384 g/mol. The van der Waals surface area contributed by atoms with Crippen molar-refractivity contribution in [2.45, 2.75) is 39.4 Å². The molecule has 7 nitrogen and oxygen atoms in total. The van der Waals surface area contributed by atoms with Gasteiger partial charge in [0.05, 0.1) is 17.9 Å². The number of Topliss-reactive ketones (excluding diaryl/α,β-unsaturated/α-hetero) is 1. The van der Waals surface area contributed by atoms with E-state index >= 15 is 0 Å². The van der Waals surface area contributed by atoms with Crippen molar-refractivity contribution in [1.29, 1.82) is 0 Å². The first-order chi connectivity index (χ1) is 14.1. The quantitative estimate of drug-likeness (QED) is 0.730. The van der Waals surface area contributed by atoms with Gasteiger partial charge in [-0.3, -0.25) is 19.3 Å². The molecule has 0 fully saturated rings. The van der Waals surface area contributed by atoms with Crippen LogP contribution in [0.25, 0.3) is 0 Å². The molecular formula is C23H24N2O5. The van der Waals surface area contributed by atoms with Gasteiger partial charge in [-0.2, -0.15) is 0 Å². The van der Waals surface area contributed by atoms with Gasteiger partial charge < -0.3 is 14.4 Å². The summed E-state index contributed by atoms with van der Waals surface area (Å²) < 4.78 is 11.5. The molecule has 2 aromatic rings. The third-order valence-electron chi connectivity index (χ3n) is 5.46. The molecule has 0 N–H and O–H groups in total. The van der Waals surface area contributed by atoms with E-state index in [1.165, 1.54) is 9.80 Å². The minimum Gasteiger partial charge on any atom is -0.479 e. The van der Waals surface area contributed by atoms with Crippen LogP contribution in [-0.4, -0.2) is 42.9 Å². The highest BCUT2D eigenvalue weighted by Crippen LogP contribution is 2.39. The molecule has 156 valence electrons. The van der Waals surface area contributed by atoms with Gasteiger partial charge in [0.15, 0.2) is 17.5 Å². The highest BCUT2D eigenvalue weighted by atomic mass is 16.5. The van der Waals surface area contributed by atoms with Crippen LogP contribution in [0.15, 0.2) is 36.4 Å². The summed E-state index contributed by atoms with van der Waals surface area (Å²) in [6.07, 6.45) is -0.572. The number of rotatable bonds is 3. The molecule has 2 aromatic carbocycles. The number of ketones is 1. The second kappa shape index (κ2) is 6.86. The van der Waals surface area contributed by atoms with Crippen molar-refractivity contribution in [3.63, 3.8) is 0 Å². The van der Waals surface area contributed by atoms with Gasteiger partial charge in [0.2, 0.25) is 0 Å². The molecule has 30 heavy (non-hydrogen) atoms. The van der Waals surface area contributed by atoms with Gasteiger partial charge in [-0.05, 0) is 63.6 Å². The lowest BCUT2D eigenvalue weighted by molar-refractivity contribution is -0.132. The van der Waals surface area contributed by atoms with Gasteiger partial charge in [-0.15, -0.1) is 0 Å². The minimum absolute atomic E-state index is 0.129. The van der Waals surface area contributed by atoms with Crippen molar-refractivity contribution < 1.29 is 23.9 Å². The van der Waals surface area contributed by atoms with Crippen LogP contribution in [-0.2, 0) is 9.59 Å². The number of amides is 2. The molecule has 4 rings (SSSR count). The Balaban J connectivity index is 1.67. The van der Waals surface area contributed by atoms with Crippen molar-refractivity contribution in [3.8, 4) is 11.5 Å². The summed E-state index contributed by atoms with van der Waals surface area (Å²) >= 11 is 0. The number of carbonyl (C=O) groups is 3. The molecule has 0 aromatic heterocycles. The number of benzene rings is 2. The monoisotopic (exact) mass is 408 g/mol. The zero-order chi connectivity index (χ0) is 21.8. The van der Waals surface area contributed by atoms with Crippen LogP contribution in [0.4, 0.5) is 11.4 Å². The van der Waals surface area contributed by atoms with Crippen LogP contribution in [0, 0.1) is 6.92 Å². The largest absolute Gasteiger partial charge is 0.479 e. The molecule has 2 heterocycles. The molecule has 2 amide bonds. The molecule has 2 aliphatic rings. The van der Waals surface area contributed by atoms with Crippen molar-refractivity contribution in [3.05, 3.63) is 47.5 Å². The van der Waals surface area contributed by atoms with Gasteiger partial charge in [0.1, 0.15) is 11.5 Å². The van der Waals surface area contributed by atoms with Crippen molar-refractivity contribution in [2.75, 3.05) is 23.4 Å². The molecule has 0 saturated heterocycles. The molecule has 0 aliphatic carbocycles. The van der Waals surface area contributed by atoms with Crippen molar-refractivity contribution in [1.82, 2.24) is 0 Å². The summed E-state index contributed by atoms with van der Waals surface area (Å²) in [5.74, 6) is 0.413. The van der Waals surface area contributed by atoms with Crippen molar-refractivity contribution in [2.24, 2.45) is 0 Å². The first-order valence-electron chi connectivity index (χ1n) is 9.81. The molecule has 0 spiro atoms. The van der Waals surface area contributed by atoms with E-state index in [4.69, 9.17) is 9.47 Å². The lowest BCUT2D eigenvalue weighted by atomic mass is 10.0. The zero-order valence-electron chi connectivity index (χ0n) is 17.7. The minimum atomic E-state index is -1.07. The number of aryl methyl sites for hydroxylation is 1. The number of hydrogen-bond acceptors (Lipinski definition) is 5. The number of fused-ring (bicyclic) bond motifs is 2. The number of carbonyl (C=O) groups excluding carboxylic acids is 3. The Kier molecular flexibility index (Phi) is 4.56. The fourth-order valence-electron chi connectivity index (χ4n) is 3.75. The number of ether oxygens (including phenoxy) is 2. The molecule has 0 bridgehead atoms. The molecule has 0 radical (unpaired) electrons. The molecule has 7 heteroatoms. The molecule has 2 aliphatic heterocycles. The van der Waals surface area contributed by atoms with Crippen LogP contribution in [0.3, 0.4) is 0 Å². The summed E-state index contributed by atoms with van der Waals surface area (Å²) in [5.41, 5.74) is 1.40. The van der Waals surface area contributed by atoms with E-state index in [-0.39, 0.29) is 24.1 Å². The fraction of sp³-hybridized carbons (Fsp3) is 0.348. The summed E-state index contributed by atoms with van der Waals surface area (Å²) in [4.78, 5) is 41.3. The van der Waals surface area contributed by atoms with E-state index in [9.17, 15) is 14.4 Å². The number of anilines is 2. The van der Waals surface area contributed by atoms with Gasteiger partial charge in [0, 0.05) is 12.6 Å². The van der Waals surface area contributed by atoms with E-state index in [0.29, 0.717) is 28.4 Å². The van der Waals surface area contributed by atoms with E-state index in [1.54, 1.807) is 46.0 Å². The topological polar surface area (TPSA) is 76.2 Å². The van der Waals surface area contributed by atoms with E-state index < -0.39 is 11.7 Å². The Labute approximate surface area is 175 Å². The SMILES string of the molecule is Cc1ccc2c(c1)N(CC(=O)c1ccc3c(c1)N(C)C(=O)C(C)O3)C(=O)C(C)(C)O2. The lowest BCUT2D eigenvalue weighted by Gasteiger charge is -2.38. The molecule has 1 unspecified atom stereocenters. The van der Waals surface area contributed by atoms with Crippen LogP contribution in [0.1, 0.15) is 36.7 Å².